The van der Waals surface area contributed by atoms with Gasteiger partial charge in [-0.3, -0.25) is 9.59 Å². The number of rotatable bonds is 5. The van der Waals surface area contributed by atoms with Gasteiger partial charge in [-0.1, -0.05) is 23.7 Å². The normalized spacial score (nSPS) is 13.6. The van der Waals surface area contributed by atoms with Gasteiger partial charge in [0.15, 0.2) is 11.5 Å². The van der Waals surface area contributed by atoms with Crippen LogP contribution in [0.3, 0.4) is 0 Å². The number of carbonyl (C=O) groups excluding carboxylic acids is 2. The number of fused-ring (bicyclic) bond motifs is 1. The summed E-state index contributed by atoms with van der Waals surface area (Å²) < 4.78 is 10.8. The average molecular weight is 391 g/mol. The summed E-state index contributed by atoms with van der Waals surface area (Å²) in [6.07, 6.45) is -0.534. The summed E-state index contributed by atoms with van der Waals surface area (Å²) in [5.41, 5.74) is 1.08. The molecule has 27 heavy (non-hydrogen) atoms. The van der Waals surface area contributed by atoms with Crippen molar-refractivity contribution in [3.05, 3.63) is 53.1 Å². The smallest absolute Gasteiger partial charge is 0.313 e. The van der Waals surface area contributed by atoms with Crippen LogP contribution in [-0.4, -0.2) is 36.7 Å². The van der Waals surface area contributed by atoms with Crippen molar-refractivity contribution in [1.29, 1.82) is 0 Å². The highest BCUT2D eigenvalue weighted by Crippen LogP contribution is 2.32. The number of anilines is 1. The SMILES string of the molecule is O=C(NCC[C@@H](O)c1cccc(Cl)c1)C(=O)Nc1ccc2c(c1)OCCO2. The number of nitrogens with one attached hydrogen (secondary N) is 2. The Labute approximate surface area is 161 Å². The van der Waals surface area contributed by atoms with Gasteiger partial charge < -0.3 is 25.2 Å². The minimum absolute atomic E-state index is 0.140. The van der Waals surface area contributed by atoms with Crippen LogP contribution in [0.15, 0.2) is 42.5 Å². The molecule has 3 rings (SSSR count). The van der Waals surface area contributed by atoms with E-state index in [-0.39, 0.29) is 13.0 Å². The van der Waals surface area contributed by atoms with Gasteiger partial charge in [0.2, 0.25) is 0 Å². The van der Waals surface area contributed by atoms with Crippen LogP contribution in [0.2, 0.25) is 5.02 Å². The van der Waals surface area contributed by atoms with E-state index in [1.54, 1.807) is 42.5 Å². The van der Waals surface area contributed by atoms with Gasteiger partial charge >= 0.3 is 11.8 Å². The molecule has 8 heteroatoms. The number of amides is 2. The molecule has 0 fully saturated rings. The van der Waals surface area contributed by atoms with Gasteiger partial charge in [0.05, 0.1) is 6.10 Å². The second-order valence-corrected chi connectivity index (χ2v) is 6.36. The summed E-state index contributed by atoms with van der Waals surface area (Å²) in [6, 6.07) is 11.7. The highest BCUT2D eigenvalue weighted by Gasteiger charge is 2.17. The van der Waals surface area contributed by atoms with Crippen LogP contribution >= 0.6 is 11.6 Å². The third-order valence-electron chi connectivity index (χ3n) is 3.94. The van der Waals surface area contributed by atoms with Crippen LogP contribution in [0.25, 0.3) is 0 Å². The third-order valence-corrected chi connectivity index (χ3v) is 4.18. The van der Waals surface area contributed by atoms with Crippen molar-refractivity contribution in [2.45, 2.75) is 12.5 Å². The zero-order chi connectivity index (χ0) is 19.2. The number of hydrogen-bond acceptors (Lipinski definition) is 5. The van der Waals surface area contributed by atoms with Crippen molar-refractivity contribution in [2.24, 2.45) is 0 Å². The predicted octanol–water partition coefficient (Wildman–Crippen LogP) is 2.29. The van der Waals surface area contributed by atoms with Crippen LogP contribution < -0.4 is 20.1 Å². The van der Waals surface area contributed by atoms with Crippen molar-refractivity contribution in [3.63, 3.8) is 0 Å². The van der Waals surface area contributed by atoms with E-state index in [1.807, 2.05) is 0 Å². The predicted molar refractivity (Wildman–Crippen MR) is 100 cm³/mol. The van der Waals surface area contributed by atoms with E-state index in [9.17, 15) is 14.7 Å². The molecular formula is C19H19ClN2O5. The maximum atomic E-state index is 12.0. The Bertz CT molecular complexity index is 843. The molecular weight excluding hydrogens is 372 g/mol. The number of hydrogen-bond donors (Lipinski definition) is 3. The highest BCUT2D eigenvalue weighted by molar-refractivity contribution is 6.39. The van der Waals surface area contributed by atoms with Crippen LogP contribution in [0.5, 0.6) is 11.5 Å². The van der Waals surface area contributed by atoms with Crippen LogP contribution in [0.1, 0.15) is 18.1 Å². The first-order valence-corrected chi connectivity index (χ1v) is 8.83. The Morgan fingerprint density at radius 1 is 1.07 bits per heavy atom. The summed E-state index contributed by atoms with van der Waals surface area (Å²) >= 11 is 5.89. The molecule has 0 saturated heterocycles. The molecule has 2 aromatic rings. The fraction of sp³-hybridized carbons (Fsp3) is 0.263. The van der Waals surface area contributed by atoms with Gasteiger partial charge in [-0.05, 0) is 36.2 Å². The topological polar surface area (TPSA) is 96.9 Å². The Balaban J connectivity index is 1.47. The van der Waals surface area contributed by atoms with E-state index >= 15 is 0 Å². The second-order valence-electron chi connectivity index (χ2n) is 5.93. The van der Waals surface area contributed by atoms with E-state index in [2.05, 4.69) is 10.6 Å². The minimum atomic E-state index is -0.802. The molecule has 7 nitrogen and oxygen atoms in total. The molecule has 3 N–H and O–H groups in total. The zero-order valence-electron chi connectivity index (χ0n) is 14.4. The molecule has 2 aromatic carbocycles. The van der Waals surface area contributed by atoms with Gasteiger partial charge in [0.25, 0.3) is 0 Å². The number of aliphatic hydroxyl groups excluding tert-OH is 1. The summed E-state index contributed by atoms with van der Waals surface area (Å²) in [7, 11) is 0. The molecule has 2 amide bonds. The fourth-order valence-electron chi connectivity index (χ4n) is 2.59. The molecule has 0 aliphatic carbocycles. The van der Waals surface area contributed by atoms with Crippen LogP contribution in [-0.2, 0) is 9.59 Å². The molecule has 0 saturated carbocycles. The lowest BCUT2D eigenvalue weighted by Gasteiger charge is -2.19. The van der Waals surface area contributed by atoms with Crippen molar-refractivity contribution in [1.82, 2.24) is 5.32 Å². The van der Waals surface area contributed by atoms with Gasteiger partial charge in [-0.25, -0.2) is 0 Å². The minimum Gasteiger partial charge on any atom is -0.486 e. The fourth-order valence-corrected chi connectivity index (χ4v) is 2.79. The van der Waals surface area contributed by atoms with E-state index < -0.39 is 17.9 Å². The number of carbonyl (C=O) groups is 2. The van der Waals surface area contributed by atoms with Crippen molar-refractivity contribution in [2.75, 3.05) is 25.1 Å². The Kier molecular flexibility index (Phi) is 6.16. The molecule has 0 bridgehead atoms. The number of halogens is 1. The first-order valence-electron chi connectivity index (χ1n) is 8.45. The maximum absolute atomic E-state index is 12.0. The van der Waals surface area contributed by atoms with E-state index in [0.29, 0.717) is 41.0 Å². The number of ether oxygens (including phenoxy) is 2. The largest absolute Gasteiger partial charge is 0.486 e. The molecule has 0 unspecified atom stereocenters. The lowest BCUT2D eigenvalue weighted by Crippen LogP contribution is -2.36. The number of benzene rings is 2. The monoisotopic (exact) mass is 390 g/mol. The quantitative estimate of drug-likeness (QED) is 0.680. The Hall–Kier alpha value is -2.77. The van der Waals surface area contributed by atoms with Gasteiger partial charge in [0, 0.05) is 23.3 Å². The molecule has 1 aliphatic heterocycles. The van der Waals surface area contributed by atoms with Gasteiger partial charge in [-0.15, -0.1) is 0 Å². The molecule has 0 spiro atoms. The Morgan fingerprint density at radius 2 is 1.85 bits per heavy atom. The summed E-state index contributed by atoms with van der Waals surface area (Å²) in [5, 5.41) is 15.6. The summed E-state index contributed by atoms with van der Waals surface area (Å²) in [5.74, 6) is -0.477. The maximum Gasteiger partial charge on any atom is 0.313 e. The first-order chi connectivity index (χ1) is 13.0. The second kappa shape index (κ2) is 8.75. The zero-order valence-corrected chi connectivity index (χ0v) is 15.2. The lowest BCUT2D eigenvalue weighted by molar-refractivity contribution is -0.136. The third kappa shape index (κ3) is 5.12. The summed E-state index contributed by atoms with van der Waals surface area (Å²) in [4.78, 5) is 23.9. The molecule has 142 valence electrons. The first kappa shape index (κ1) is 19.0. The van der Waals surface area contributed by atoms with E-state index in [0.717, 1.165) is 0 Å². The van der Waals surface area contributed by atoms with E-state index in [4.69, 9.17) is 21.1 Å². The lowest BCUT2D eigenvalue weighted by atomic mass is 10.1. The van der Waals surface area contributed by atoms with Gasteiger partial charge in [0.1, 0.15) is 13.2 Å². The van der Waals surface area contributed by atoms with Crippen LogP contribution in [0, 0.1) is 0 Å². The van der Waals surface area contributed by atoms with E-state index in [1.165, 1.54) is 0 Å². The van der Waals surface area contributed by atoms with Crippen molar-refractivity contribution in [3.8, 4) is 11.5 Å². The molecule has 1 atom stereocenters. The standard InChI is InChI=1S/C19H19ClN2O5/c20-13-3-1-2-12(10-13)15(23)6-7-21-18(24)19(25)22-14-4-5-16-17(11-14)27-9-8-26-16/h1-5,10-11,15,23H,6-9H2,(H,21,24)(H,22,25)/t15-/m1/s1. The molecule has 1 heterocycles. The average Bonchev–Trinajstić information content (AvgIpc) is 2.67. The highest BCUT2D eigenvalue weighted by atomic mass is 35.5. The van der Waals surface area contributed by atoms with Gasteiger partial charge in [-0.2, -0.15) is 0 Å². The Morgan fingerprint density at radius 3 is 2.63 bits per heavy atom. The summed E-state index contributed by atoms with van der Waals surface area (Å²) in [6.45, 7) is 1.04. The van der Waals surface area contributed by atoms with Crippen LogP contribution in [0.4, 0.5) is 5.69 Å². The molecule has 1 aliphatic rings. The van der Waals surface area contributed by atoms with Crippen molar-refractivity contribution >= 4 is 29.1 Å². The molecule has 0 radical (unpaired) electrons. The number of aliphatic hydroxyl groups is 1. The van der Waals surface area contributed by atoms with Crippen molar-refractivity contribution < 1.29 is 24.2 Å². The molecule has 0 aromatic heterocycles.